The lowest BCUT2D eigenvalue weighted by atomic mass is 10.0. The first-order valence-corrected chi connectivity index (χ1v) is 9.26. The lowest BCUT2D eigenvalue weighted by molar-refractivity contribution is -0.122. The summed E-state index contributed by atoms with van der Waals surface area (Å²) in [4.78, 5) is 28.3. The van der Waals surface area contributed by atoms with Crippen LogP contribution in [-0.4, -0.2) is 23.4 Å². The Morgan fingerprint density at radius 2 is 1.81 bits per heavy atom. The van der Waals surface area contributed by atoms with Crippen LogP contribution in [0, 0.1) is 5.92 Å². The topological polar surface area (TPSA) is 80.3 Å². The molecule has 6 heteroatoms. The van der Waals surface area contributed by atoms with E-state index < -0.39 is 0 Å². The van der Waals surface area contributed by atoms with Gasteiger partial charge in [0.15, 0.2) is 0 Å². The number of hydrogen-bond acceptors (Lipinski definition) is 4. The van der Waals surface area contributed by atoms with E-state index in [0.29, 0.717) is 19.6 Å². The largest absolute Gasteiger partial charge is 0.494 e. The minimum absolute atomic E-state index is 0.0547. The molecule has 2 amide bonds. The van der Waals surface area contributed by atoms with Crippen LogP contribution in [0.25, 0.3) is 0 Å². The van der Waals surface area contributed by atoms with E-state index in [-0.39, 0.29) is 24.2 Å². The number of nitrogens with zero attached hydrogens (tertiary/aromatic N) is 1. The Labute approximate surface area is 160 Å². The summed E-state index contributed by atoms with van der Waals surface area (Å²) in [5.41, 5.74) is 1.53. The van der Waals surface area contributed by atoms with E-state index in [9.17, 15) is 9.59 Å². The van der Waals surface area contributed by atoms with Crippen LogP contribution in [0.3, 0.4) is 0 Å². The third-order valence-corrected chi connectivity index (χ3v) is 3.87. The van der Waals surface area contributed by atoms with Crippen LogP contribution in [0.1, 0.15) is 38.8 Å². The molecule has 1 atom stereocenters. The molecule has 0 radical (unpaired) electrons. The molecule has 1 heterocycles. The second kappa shape index (κ2) is 11.0. The molecule has 2 rings (SSSR count). The van der Waals surface area contributed by atoms with Crippen molar-refractivity contribution in [1.82, 2.24) is 10.3 Å². The number of benzene rings is 1. The SMILES string of the molecule is CCCOc1ccc(NC(=O)C[C@@H](C)CC(=O)NCc2ccccn2)cc1. The van der Waals surface area contributed by atoms with E-state index in [0.717, 1.165) is 23.6 Å². The highest BCUT2D eigenvalue weighted by Crippen LogP contribution is 2.17. The standard InChI is InChI=1S/C21H27N3O3/c1-3-12-27-19-9-7-17(8-10-19)24-21(26)14-16(2)13-20(25)23-15-18-6-4-5-11-22-18/h4-11,16H,3,12-15H2,1-2H3,(H,23,25)(H,24,26)/t16-/m0/s1. The van der Waals surface area contributed by atoms with Gasteiger partial charge in [0.1, 0.15) is 5.75 Å². The molecule has 6 nitrogen and oxygen atoms in total. The van der Waals surface area contributed by atoms with Gasteiger partial charge in [-0.05, 0) is 48.7 Å². The van der Waals surface area contributed by atoms with Crippen LogP contribution in [0.15, 0.2) is 48.7 Å². The van der Waals surface area contributed by atoms with Gasteiger partial charge in [0.2, 0.25) is 11.8 Å². The van der Waals surface area contributed by atoms with Gasteiger partial charge >= 0.3 is 0 Å². The van der Waals surface area contributed by atoms with Gasteiger partial charge in [-0.1, -0.05) is 19.9 Å². The molecule has 0 unspecified atom stereocenters. The van der Waals surface area contributed by atoms with Gasteiger partial charge in [0.25, 0.3) is 0 Å². The van der Waals surface area contributed by atoms with E-state index in [2.05, 4.69) is 22.5 Å². The summed E-state index contributed by atoms with van der Waals surface area (Å²) < 4.78 is 5.52. The highest BCUT2D eigenvalue weighted by atomic mass is 16.5. The van der Waals surface area contributed by atoms with E-state index in [1.165, 1.54) is 0 Å². The Balaban J connectivity index is 1.70. The van der Waals surface area contributed by atoms with Crippen LogP contribution < -0.4 is 15.4 Å². The van der Waals surface area contributed by atoms with Crippen molar-refractivity contribution in [2.24, 2.45) is 5.92 Å². The second-order valence-corrected chi connectivity index (χ2v) is 6.53. The first-order chi connectivity index (χ1) is 13.1. The normalized spacial score (nSPS) is 11.5. The van der Waals surface area contributed by atoms with Crippen molar-refractivity contribution in [3.8, 4) is 5.75 Å². The molecule has 1 aromatic carbocycles. The smallest absolute Gasteiger partial charge is 0.224 e. The molecule has 0 fully saturated rings. The zero-order valence-corrected chi connectivity index (χ0v) is 15.9. The summed E-state index contributed by atoms with van der Waals surface area (Å²) in [6, 6.07) is 12.9. The Morgan fingerprint density at radius 3 is 2.48 bits per heavy atom. The third-order valence-electron chi connectivity index (χ3n) is 3.87. The summed E-state index contributed by atoms with van der Waals surface area (Å²) in [6.45, 7) is 5.01. The minimum Gasteiger partial charge on any atom is -0.494 e. The number of aromatic nitrogens is 1. The van der Waals surface area contributed by atoms with E-state index in [1.807, 2.05) is 49.4 Å². The van der Waals surface area contributed by atoms with Gasteiger partial charge in [-0.15, -0.1) is 0 Å². The molecule has 0 aliphatic rings. The zero-order valence-electron chi connectivity index (χ0n) is 15.9. The van der Waals surface area contributed by atoms with Gasteiger partial charge in [0.05, 0.1) is 18.8 Å². The first kappa shape index (κ1) is 20.4. The Bertz CT molecular complexity index is 717. The molecule has 0 bridgehead atoms. The highest BCUT2D eigenvalue weighted by Gasteiger charge is 2.13. The average molecular weight is 369 g/mol. The summed E-state index contributed by atoms with van der Waals surface area (Å²) >= 11 is 0. The molecule has 144 valence electrons. The molecule has 0 aliphatic carbocycles. The van der Waals surface area contributed by atoms with Crippen molar-refractivity contribution >= 4 is 17.5 Å². The molecule has 2 N–H and O–H groups in total. The van der Waals surface area contributed by atoms with Crippen molar-refractivity contribution in [2.75, 3.05) is 11.9 Å². The number of carbonyl (C=O) groups is 2. The fourth-order valence-electron chi connectivity index (χ4n) is 2.54. The van der Waals surface area contributed by atoms with E-state index in [4.69, 9.17) is 4.74 Å². The lowest BCUT2D eigenvalue weighted by Crippen LogP contribution is -2.26. The fourth-order valence-corrected chi connectivity index (χ4v) is 2.54. The Hall–Kier alpha value is -2.89. The van der Waals surface area contributed by atoms with Gasteiger partial charge in [-0.3, -0.25) is 14.6 Å². The summed E-state index contributed by atoms with van der Waals surface area (Å²) in [6.07, 6.45) is 3.22. The van der Waals surface area contributed by atoms with Crippen LogP contribution in [0.2, 0.25) is 0 Å². The van der Waals surface area contributed by atoms with E-state index in [1.54, 1.807) is 6.20 Å². The van der Waals surface area contributed by atoms with Crippen molar-refractivity contribution in [2.45, 2.75) is 39.7 Å². The first-order valence-electron chi connectivity index (χ1n) is 9.26. The molecule has 2 aromatic rings. The van der Waals surface area contributed by atoms with Crippen molar-refractivity contribution in [3.63, 3.8) is 0 Å². The maximum Gasteiger partial charge on any atom is 0.224 e. The molecule has 0 spiro atoms. The van der Waals surface area contributed by atoms with Crippen molar-refractivity contribution in [3.05, 3.63) is 54.4 Å². The molecule has 27 heavy (non-hydrogen) atoms. The number of anilines is 1. The number of hydrogen-bond donors (Lipinski definition) is 2. The van der Waals surface area contributed by atoms with Crippen LogP contribution >= 0.6 is 0 Å². The van der Waals surface area contributed by atoms with Crippen LogP contribution in [0.4, 0.5) is 5.69 Å². The average Bonchev–Trinajstić information content (AvgIpc) is 2.66. The predicted molar refractivity (Wildman–Crippen MR) is 105 cm³/mol. The Kier molecular flexibility index (Phi) is 8.29. The van der Waals surface area contributed by atoms with Gasteiger partial charge in [0, 0.05) is 24.7 Å². The molecular formula is C21H27N3O3. The molecule has 0 saturated carbocycles. The number of amides is 2. The maximum atomic E-state index is 12.2. The monoisotopic (exact) mass is 369 g/mol. The summed E-state index contributed by atoms with van der Waals surface area (Å²) in [7, 11) is 0. The summed E-state index contributed by atoms with van der Waals surface area (Å²) in [5, 5.41) is 5.68. The second-order valence-electron chi connectivity index (χ2n) is 6.53. The lowest BCUT2D eigenvalue weighted by Gasteiger charge is -2.12. The minimum atomic E-state index is -0.109. The maximum absolute atomic E-state index is 12.2. The number of ether oxygens (including phenoxy) is 1. The summed E-state index contributed by atoms with van der Waals surface area (Å²) in [5.74, 6) is 0.536. The number of rotatable bonds is 10. The van der Waals surface area contributed by atoms with Gasteiger partial charge in [-0.2, -0.15) is 0 Å². The third kappa shape index (κ3) is 7.90. The van der Waals surface area contributed by atoms with Gasteiger partial charge in [-0.25, -0.2) is 0 Å². The van der Waals surface area contributed by atoms with Crippen molar-refractivity contribution < 1.29 is 14.3 Å². The van der Waals surface area contributed by atoms with Crippen molar-refractivity contribution in [1.29, 1.82) is 0 Å². The zero-order chi connectivity index (χ0) is 19.5. The van der Waals surface area contributed by atoms with Crippen LogP contribution in [-0.2, 0) is 16.1 Å². The number of nitrogens with one attached hydrogen (secondary N) is 2. The molecule has 0 aliphatic heterocycles. The quantitative estimate of drug-likeness (QED) is 0.671. The highest BCUT2D eigenvalue weighted by molar-refractivity contribution is 5.91. The van der Waals surface area contributed by atoms with E-state index >= 15 is 0 Å². The molecule has 1 aromatic heterocycles. The number of carbonyl (C=O) groups excluding carboxylic acids is 2. The number of pyridine rings is 1. The fraction of sp³-hybridized carbons (Fsp3) is 0.381. The van der Waals surface area contributed by atoms with Gasteiger partial charge < -0.3 is 15.4 Å². The molecular weight excluding hydrogens is 342 g/mol. The Morgan fingerprint density at radius 1 is 1.07 bits per heavy atom. The van der Waals surface area contributed by atoms with Crippen LogP contribution in [0.5, 0.6) is 5.75 Å². The molecule has 0 saturated heterocycles. The predicted octanol–water partition coefficient (Wildman–Crippen LogP) is 3.54.